The summed E-state index contributed by atoms with van der Waals surface area (Å²) < 4.78 is 18.3. The summed E-state index contributed by atoms with van der Waals surface area (Å²) in [6, 6.07) is 6.17. The molecular formula is C16H23FN2O2. The van der Waals surface area contributed by atoms with Crippen LogP contribution in [0.3, 0.4) is 0 Å². The van der Waals surface area contributed by atoms with Crippen molar-refractivity contribution >= 4 is 5.97 Å². The molecule has 0 saturated carbocycles. The molecular weight excluding hydrogens is 271 g/mol. The number of carbonyl (C=O) groups is 1. The van der Waals surface area contributed by atoms with Crippen molar-refractivity contribution in [1.82, 2.24) is 10.4 Å². The molecule has 116 valence electrons. The summed E-state index contributed by atoms with van der Waals surface area (Å²) in [7, 11) is 0. The number of halogens is 1. The molecule has 1 aliphatic rings. The fraction of sp³-hybridized carbons (Fsp3) is 0.562. The van der Waals surface area contributed by atoms with Crippen LogP contribution in [0.4, 0.5) is 4.39 Å². The van der Waals surface area contributed by atoms with Gasteiger partial charge in [0.2, 0.25) is 0 Å². The SMILES string of the molecule is CCOC(=O)C1CC(C)(C)CN1NCc1cccc(F)c1. The summed E-state index contributed by atoms with van der Waals surface area (Å²) in [5, 5.41) is 1.92. The standard InChI is InChI=1S/C16H23FN2O2/c1-4-21-15(20)14-9-16(2,3)11-19(14)18-10-12-6-5-7-13(17)8-12/h5-8,14,18H,4,9-11H2,1-3H3. The Morgan fingerprint density at radius 1 is 1.52 bits per heavy atom. The molecule has 1 aliphatic heterocycles. The quantitative estimate of drug-likeness (QED) is 0.847. The van der Waals surface area contributed by atoms with Crippen LogP contribution in [0.25, 0.3) is 0 Å². The molecule has 1 saturated heterocycles. The van der Waals surface area contributed by atoms with Gasteiger partial charge in [-0.15, -0.1) is 0 Å². The second kappa shape index (κ2) is 6.54. The molecule has 1 unspecified atom stereocenters. The summed E-state index contributed by atoms with van der Waals surface area (Å²) in [5.41, 5.74) is 4.13. The van der Waals surface area contributed by atoms with Crippen molar-refractivity contribution in [1.29, 1.82) is 0 Å². The predicted octanol–water partition coefficient (Wildman–Crippen LogP) is 2.49. The Hall–Kier alpha value is -1.46. The predicted molar refractivity (Wildman–Crippen MR) is 78.8 cm³/mol. The highest BCUT2D eigenvalue weighted by Gasteiger charge is 2.42. The number of ether oxygens (including phenoxy) is 1. The highest BCUT2D eigenvalue weighted by molar-refractivity contribution is 5.76. The maximum atomic E-state index is 13.2. The van der Waals surface area contributed by atoms with Crippen molar-refractivity contribution in [2.24, 2.45) is 5.41 Å². The van der Waals surface area contributed by atoms with Crippen molar-refractivity contribution in [2.75, 3.05) is 13.2 Å². The smallest absolute Gasteiger partial charge is 0.324 e. The van der Waals surface area contributed by atoms with Crippen LogP contribution in [0.2, 0.25) is 0 Å². The van der Waals surface area contributed by atoms with Crippen LogP contribution >= 0.6 is 0 Å². The van der Waals surface area contributed by atoms with Gasteiger partial charge in [0.15, 0.2) is 0 Å². The van der Waals surface area contributed by atoms with Crippen LogP contribution in [0.5, 0.6) is 0 Å². The molecule has 4 nitrogen and oxygen atoms in total. The van der Waals surface area contributed by atoms with E-state index in [1.165, 1.54) is 12.1 Å². The van der Waals surface area contributed by atoms with E-state index in [2.05, 4.69) is 19.3 Å². The number of hydrogen-bond acceptors (Lipinski definition) is 4. The fourth-order valence-electron chi connectivity index (χ4n) is 2.72. The average Bonchev–Trinajstić information content (AvgIpc) is 2.72. The summed E-state index contributed by atoms with van der Waals surface area (Å²) in [6.07, 6.45) is 0.752. The van der Waals surface area contributed by atoms with E-state index in [1.807, 2.05) is 18.0 Å². The Morgan fingerprint density at radius 3 is 2.95 bits per heavy atom. The zero-order valence-corrected chi connectivity index (χ0v) is 12.9. The van der Waals surface area contributed by atoms with Crippen molar-refractivity contribution in [3.63, 3.8) is 0 Å². The van der Waals surface area contributed by atoms with Gasteiger partial charge in [-0.3, -0.25) is 4.79 Å². The maximum absolute atomic E-state index is 13.2. The van der Waals surface area contributed by atoms with Crippen molar-refractivity contribution < 1.29 is 13.9 Å². The van der Waals surface area contributed by atoms with Gasteiger partial charge in [0.1, 0.15) is 11.9 Å². The minimum absolute atomic E-state index is 0.0480. The number of hydrazine groups is 1. The van der Waals surface area contributed by atoms with Gasteiger partial charge in [0.25, 0.3) is 0 Å². The summed E-state index contributed by atoms with van der Waals surface area (Å²) in [6.45, 7) is 7.69. The Labute approximate surface area is 125 Å². The summed E-state index contributed by atoms with van der Waals surface area (Å²) >= 11 is 0. The van der Waals surface area contributed by atoms with E-state index in [0.29, 0.717) is 13.2 Å². The van der Waals surface area contributed by atoms with E-state index in [9.17, 15) is 9.18 Å². The lowest BCUT2D eigenvalue weighted by atomic mass is 9.91. The third-order valence-corrected chi connectivity index (χ3v) is 3.65. The van der Waals surface area contributed by atoms with Gasteiger partial charge >= 0.3 is 5.97 Å². The summed E-state index contributed by atoms with van der Waals surface area (Å²) in [5.74, 6) is -0.451. The molecule has 1 aromatic rings. The first-order valence-electron chi connectivity index (χ1n) is 7.32. The van der Waals surface area contributed by atoms with Gasteiger partial charge in [-0.1, -0.05) is 26.0 Å². The Morgan fingerprint density at radius 2 is 2.29 bits per heavy atom. The molecule has 1 heterocycles. The minimum atomic E-state index is -0.284. The van der Waals surface area contributed by atoms with Crippen LogP contribution in [-0.2, 0) is 16.1 Å². The molecule has 1 fully saturated rings. The van der Waals surface area contributed by atoms with Gasteiger partial charge in [0.05, 0.1) is 6.61 Å². The lowest BCUT2D eigenvalue weighted by molar-refractivity contribution is -0.149. The lowest BCUT2D eigenvalue weighted by Gasteiger charge is -2.24. The van der Waals surface area contributed by atoms with E-state index >= 15 is 0 Å². The third kappa shape index (κ3) is 4.25. The number of esters is 1. The highest BCUT2D eigenvalue weighted by Crippen LogP contribution is 2.33. The van der Waals surface area contributed by atoms with Crippen molar-refractivity contribution in [3.8, 4) is 0 Å². The number of nitrogens with one attached hydrogen (secondary N) is 1. The van der Waals surface area contributed by atoms with E-state index < -0.39 is 0 Å². The number of hydrogen-bond donors (Lipinski definition) is 1. The zero-order chi connectivity index (χ0) is 15.5. The normalized spacial score (nSPS) is 21.4. The first-order valence-corrected chi connectivity index (χ1v) is 7.32. The van der Waals surface area contributed by atoms with Crippen LogP contribution in [0.15, 0.2) is 24.3 Å². The lowest BCUT2D eigenvalue weighted by Crippen LogP contribution is -2.46. The van der Waals surface area contributed by atoms with Gasteiger partial charge in [-0.2, -0.15) is 0 Å². The highest BCUT2D eigenvalue weighted by atomic mass is 19.1. The van der Waals surface area contributed by atoms with E-state index in [0.717, 1.165) is 18.5 Å². The third-order valence-electron chi connectivity index (χ3n) is 3.65. The zero-order valence-electron chi connectivity index (χ0n) is 12.9. The van der Waals surface area contributed by atoms with Gasteiger partial charge in [-0.05, 0) is 36.5 Å². The van der Waals surface area contributed by atoms with Crippen LogP contribution in [-0.4, -0.2) is 30.2 Å². The minimum Gasteiger partial charge on any atom is -0.465 e. The second-order valence-corrected chi connectivity index (χ2v) is 6.23. The van der Waals surface area contributed by atoms with Gasteiger partial charge < -0.3 is 4.74 Å². The second-order valence-electron chi connectivity index (χ2n) is 6.23. The first kappa shape index (κ1) is 15.9. The molecule has 0 aliphatic carbocycles. The van der Waals surface area contributed by atoms with Crippen LogP contribution in [0.1, 0.15) is 32.8 Å². The molecule has 0 amide bonds. The number of benzene rings is 1. The topological polar surface area (TPSA) is 41.6 Å². The van der Waals surface area contributed by atoms with Crippen molar-refractivity contribution in [2.45, 2.75) is 39.8 Å². The molecule has 0 bridgehead atoms. The number of carbonyl (C=O) groups excluding carboxylic acids is 1. The van der Waals surface area contributed by atoms with E-state index in [4.69, 9.17) is 4.74 Å². The van der Waals surface area contributed by atoms with Crippen LogP contribution in [0, 0.1) is 11.2 Å². The number of rotatable bonds is 5. The molecule has 1 N–H and O–H groups in total. The molecule has 5 heteroatoms. The van der Waals surface area contributed by atoms with Gasteiger partial charge in [-0.25, -0.2) is 14.8 Å². The number of nitrogens with zero attached hydrogens (tertiary/aromatic N) is 1. The maximum Gasteiger partial charge on any atom is 0.324 e. The van der Waals surface area contributed by atoms with Gasteiger partial charge in [0, 0.05) is 13.1 Å². The molecule has 2 rings (SSSR count). The van der Waals surface area contributed by atoms with Crippen molar-refractivity contribution in [3.05, 3.63) is 35.6 Å². The van der Waals surface area contributed by atoms with Crippen LogP contribution < -0.4 is 5.43 Å². The average molecular weight is 294 g/mol. The van der Waals surface area contributed by atoms with E-state index in [1.54, 1.807) is 6.07 Å². The fourth-order valence-corrected chi connectivity index (χ4v) is 2.72. The molecule has 1 aromatic carbocycles. The Kier molecular flexibility index (Phi) is 4.96. The molecule has 0 radical (unpaired) electrons. The monoisotopic (exact) mass is 294 g/mol. The summed E-state index contributed by atoms with van der Waals surface area (Å²) in [4.78, 5) is 12.0. The molecule has 1 atom stereocenters. The Bertz CT molecular complexity index is 505. The largest absolute Gasteiger partial charge is 0.465 e. The molecule has 0 aromatic heterocycles. The first-order chi connectivity index (χ1) is 9.91. The molecule has 21 heavy (non-hydrogen) atoms. The molecule has 0 spiro atoms. The van der Waals surface area contributed by atoms with E-state index in [-0.39, 0.29) is 23.2 Å². The Balaban J connectivity index is 2.00.